The van der Waals surface area contributed by atoms with E-state index in [2.05, 4.69) is 45.7 Å². The van der Waals surface area contributed by atoms with Gasteiger partial charge in [-0.25, -0.2) is 5.01 Å². The zero-order chi connectivity index (χ0) is 15.7. The number of rotatable bonds is 3. The molecule has 0 aromatic heterocycles. The summed E-state index contributed by atoms with van der Waals surface area (Å²) in [5.74, 6) is 0.816. The molecule has 1 unspecified atom stereocenters. The van der Waals surface area contributed by atoms with Crippen LogP contribution in [-0.4, -0.2) is 12.2 Å². The fraction of sp³-hybridized carbons (Fsp3) is 0.188. The molecule has 114 valence electrons. The van der Waals surface area contributed by atoms with Gasteiger partial charge in [0.1, 0.15) is 11.4 Å². The molecule has 2 N–H and O–H groups in total. The van der Waals surface area contributed by atoms with Crippen LogP contribution < -0.4 is 20.5 Å². The third kappa shape index (κ3) is 2.82. The summed E-state index contributed by atoms with van der Waals surface area (Å²) in [6, 6.07) is 15.9. The van der Waals surface area contributed by atoms with Gasteiger partial charge in [0.25, 0.3) is 0 Å². The topological polar surface area (TPSA) is 36.5 Å². The van der Waals surface area contributed by atoms with Crippen LogP contribution in [0, 0.1) is 0 Å². The molecule has 3 rings (SSSR count). The lowest BCUT2D eigenvalue weighted by Gasteiger charge is -2.26. The Morgan fingerprint density at radius 1 is 1.18 bits per heavy atom. The predicted octanol–water partition coefficient (Wildman–Crippen LogP) is 3.53. The van der Waals surface area contributed by atoms with Gasteiger partial charge in [0.15, 0.2) is 5.11 Å². The molecule has 1 aliphatic heterocycles. The number of hydrogen-bond donors (Lipinski definition) is 2. The van der Waals surface area contributed by atoms with Crippen molar-refractivity contribution in [2.24, 2.45) is 0 Å². The zero-order valence-corrected chi connectivity index (χ0v) is 14.7. The average Bonchev–Trinajstić information content (AvgIpc) is 2.84. The second kappa shape index (κ2) is 5.87. The van der Waals surface area contributed by atoms with E-state index in [0.29, 0.717) is 5.11 Å². The first-order valence-corrected chi connectivity index (χ1v) is 8.02. The standard InChI is InChI=1S/C16H16BrN3OS/c1-16(11-4-3-5-12(17)10-11)18-15(22)20(19-16)13-6-8-14(21-2)9-7-13/h3-10,19H,1-2H3,(H,18,22). The molecule has 1 aliphatic rings. The molecule has 6 heteroatoms. The highest BCUT2D eigenvalue weighted by molar-refractivity contribution is 9.10. The van der Waals surface area contributed by atoms with E-state index in [4.69, 9.17) is 17.0 Å². The molecule has 1 fully saturated rings. The Kier molecular flexibility index (Phi) is 4.08. The largest absolute Gasteiger partial charge is 0.497 e. The summed E-state index contributed by atoms with van der Waals surface area (Å²) in [6.45, 7) is 2.06. The maximum Gasteiger partial charge on any atom is 0.190 e. The van der Waals surface area contributed by atoms with Gasteiger partial charge in [0.05, 0.1) is 12.8 Å². The zero-order valence-electron chi connectivity index (χ0n) is 12.3. The van der Waals surface area contributed by atoms with Crippen LogP contribution in [-0.2, 0) is 5.66 Å². The Morgan fingerprint density at radius 3 is 2.55 bits per heavy atom. The van der Waals surface area contributed by atoms with Crippen molar-refractivity contribution in [1.82, 2.24) is 10.7 Å². The molecular weight excluding hydrogens is 362 g/mol. The van der Waals surface area contributed by atoms with Gasteiger partial charge in [-0.15, -0.1) is 0 Å². The molecule has 22 heavy (non-hydrogen) atoms. The molecule has 0 bridgehead atoms. The van der Waals surface area contributed by atoms with E-state index in [1.165, 1.54) is 0 Å². The maximum atomic E-state index is 5.47. The third-order valence-electron chi connectivity index (χ3n) is 3.63. The molecule has 0 saturated carbocycles. The van der Waals surface area contributed by atoms with Crippen LogP contribution in [0.2, 0.25) is 0 Å². The van der Waals surface area contributed by atoms with Crippen LogP contribution in [0.25, 0.3) is 0 Å². The van der Waals surface area contributed by atoms with Crippen molar-refractivity contribution in [3.63, 3.8) is 0 Å². The molecule has 4 nitrogen and oxygen atoms in total. The number of hydrazine groups is 1. The first kappa shape index (κ1) is 15.3. The maximum absolute atomic E-state index is 5.47. The van der Waals surface area contributed by atoms with E-state index < -0.39 is 5.66 Å². The van der Waals surface area contributed by atoms with E-state index in [1.54, 1.807) is 7.11 Å². The Labute approximate surface area is 143 Å². The minimum absolute atomic E-state index is 0.458. The molecule has 0 aliphatic carbocycles. The lowest BCUT2D eigenvalue weighted by molar-refractivity contribution is 0.389. The van der Waals surface area contributed by atoms with Crippen molar-refractivity contribution in [2.45, 2.75) is 12.6 Å². The highest BCUT2D eigenvalue weighted by Crippen LogP contribution is 2.28. The van der Waals surface area contributed by atoms with Crippen molar-refractivity contribution in [3.8, 4) is 5.75 Å². The predicted molar refractivity (Wildman–Crippen MR) is 95.8 cm³/mol. The molecule has 1 saturated heterocycles. The highest BCUT2D eigenvalue weighted by Gasteiger charge is 2.38. The summed E-state index contributed by atoms with van der Waals surface area (Å²) in [6.07, 6.45) is 0. The molecule has 2 aromatic carbocycles. The Bertz CT molecular complexity index is 707. The highest BCUT2D eigenvalue weighted by atomic mass is 79.9. The number of halogens is 1. The number of nitrogens with one attached hydrogen (secondary N) is 2. The van der Waals surface area contributed by atoms with Crippen LogP contribution >= 0.6 is 28.1 Å². The lowest BCUT2D eigenvalue weighted by atomic mass is 10.0. The number of thiocarbonyl (C=S) groups is 1. The van der Waals surface area contributed by atoms with Crippen molar-refractivity contribution in [2.75, 3.05) is 12.1 Å². The fourth-order valence-corrected chi connectivity index (χ4v) is 3.18. The molecule has 0 radical (unpaired) electrons. The van der Waals surface area contributed by atoms with Gasteiger partial charge in [0.2, 0.25) is 0 Å². The number of ether oxygens (including phenoxy) is 1. The average molecular weight is 378 g/mol. The molecule has 2 aromatic rings. The van der Waals surface area contributed by atoms with Crippen molar-refractivity contribution >= 4 is 38.9 Å². The van der Waals surface area contributed by atoms with Gasteiger partial charge in [-0.1, -0.05) is 28.1 Å². The minimum Gasteiger partial charge on any atom is -0.497 e. The summed E-state index contributed by atoms with van der Waals surface area (Å²) in [7, 11) is 1.65. The second-order valence-corrected chi connectivity index (χ2v) is 6.51. The molecule has 0 amide bonds. The van der Waals surface area contributed by atoms with Crippen molar-refractivity contribution < 1.29 is 4.74 Å². The molecule has 0 spiro atoms. The first-order valence-electron chi connectivity index (χ1n) is 6.82. The van der Waals surface area contributed by atoms with Crippen molar-refractivity contribution in [1.29, 1.82) is 0 Å². The number of hydrogen-bond acceptors (Lipinski definition) is 3. The van der Waals surface area contributed by atoms with Gasteiger partial charge in [-0.05, 0) is 61.1 Å². The number of methoxy groups -OCH3 is 1. The second-order valence-electron chi connectivity index (χ2n) is 5.21. The minimum atomic E-state index is -0.458. The van der Waals surface area contributed by atoms with Gasteiger partial charge in [0, 0.05) is 4.47 Å². The van der Waals surface area contributed by atoms with Crippen molar-refractivity contribution in [3.05, 3.63) is 58.6 Å². The number of anilines is 1. The summed E-state index contributed by atoms with van der Waals surface area (Å²) in [4.78, 5) is 0. The van der Waals surface area contributed by atoms with E-state index in [-0.39, 0.29) is 0 Å². The summed E-state index contributed by atoms with van der Waals surface area (Å²) in [5, 5.41) is 5.85. The van der Waals surface area contributed by atoms with Crippen LogP contribution in [0.3, 0.4) is 0 Å². The van der Waals surface area contributed by atoms with E-state index in [0.717, 1.165) is 21.5 Å². The van der Waals surface area contributed by atoms with Crippen LogP contribution in [0.1, 0.15) is 12.5 Å². The van der Waals surface area contributed by atoms with Gasteiger partial charge < -0.3 is 10.1 Å². The quantitative estimate of drug-likeness (QED) is 0.800. The third-order valence-corrected chi connectivity index (χ3v) is 4.41. The monoisotopic (exact) mass is 377 g/mol. The van der Waals surface area contributed by atoms with E-state index >= 15 is 0 Å². The first-order chi connectivity index (χ1) is 10.5. The summed E-state index contributed by atoms with van der Waals surface area (Å²) >= 11 is 8.98. The Hall–Kier alpha value is -1.63. The van der Waals surface area contributed by atoms with Crippen LogP contribution in [0.5, 0.6) is 5.75 Å². The summed E-state index contributed by atoms with van der Waals surface area (Å²) < 4.78 is 6.22. The Morgan fingerprint density at radius 2 is 1.91 bits per heavy atom. The van der Waals surface area contributed by atoms with Gasteiger partial charge in [-0.2, -0.15) is 5.43 Å². The van der Waals surface area contributed by atoms with Crippen LogP contribution in [0.15, 0.2) is 53.0 Å². The summed E-state index contributed by atoms with van der Waals surface area (Å²) in [5.41, 5.74) is 5.03. The van der Waals surface area contributed by atoms with E-state index in [9.17, 15) is 0 Å². The lowest BCUT2D eigenvalue weighted by Crippen LogP contribution is -2.45. The number of nitrogens with zero attached hydrogens (tertiary/aromatic N) is 1. The van der Waals surface area contributed by atoms with E-state index in [1.807, 2.05) is 41.4 Å². The fourth-order valence-electron chi connectivity index (χ4n) is 2.42. The van der Waals surface area contributed by atoms with Gasteiger partial charge in [-0.3, -0.25) is 0 Å². The van der Waals surface area contributed by atoms with Crippen LogP contribution in [0.4, 0.5) is 5.69 Å². The van der Waals surface area contributed by atoms with Gasteiger partial charge >= 0.3 is 0 Å². The molecule has 1 heterocycles. The smallest absolute Gasteiger partial charge is 0.190 e. The number of benzene rings is 2. The normalized spacial score (nSPS) is 20.9. The molecule has 1 atom stereocenters. The Balaban J connectivity index is 1.88. The SMILES string of the molecule is COc1ccc(N2NC(C)(c3cccc(Br)c3)NC2=S)cc1. The molecular formula is C16H16BrN3OS.